The van der Waals surface area contributed by atoms with E-state index in [1.165, 1.54) is 0 Å². The molecule has 0 saturated heterocycles. The van der Waals surface area contributed by atoms with Crippen LogP contribution in [0.1, 0.15) is 11.1 Å². The first-order valence-electron chi connectivity index (χ1n) is 4.80. The number of aromatic hydroxyl groups is 1. The van der Waals surface area contributed by atoms with Gasteiger partial charge in [-0.25, -0.2) is 0 Å². The molecule has 0 unspecified atom stereocenters. The first-order valence-corrected chi connectivity index (χ1v) is 5.59. The Labute approximate surface area is 102 Å². The Morgan fingerprint density at radius 2 is 2.12 bits per heavy atom. The maximum Gasteiger partial charge on any atom is 0.138 e. The Morgan fingerprint density at radius 3 is 2.69 bits per heavy atom. The number of nitrogens with one attached hydrogen (secondary N) is 1. The molecule has 1 aromatic carbocycles. The first kappa shape index (κ1) is 11.0. The highest BCUT2D eigenvalue weighted by molar-refractivity contribution is 9.10. The largest absolute Gasteiger partial charge is 0.506 e. The standard InChI is InChI=1S/C11H12BrN3O/c1-5-3-8(12)10(16)9(6(5)2)7-4-14-15-11(7)13/h3-4,16H,1-2H3,(H3,13,14,15). The van der Waals surface area contributed by atoms with Crippen molar-refractivity contribution in [2.75, 3.05) is 5.73 Å². The number of H-pyrrole nitrogens is 1. The molecule has 0 bridgehead atoms. The van der Waals surface area contributed by atoms with Crippen LogP contribution in [0.2, 0.25) is 0 Å². The third-order valence-electron chi connectivity index (χ3n) is 2.71. The van der Waals surface area contributed by atoms with Crippen LogP contribution in [0.4, 0.5) is 5.82 Å². The molecular formula is C11H12BrN3O. The molecule has 4 nitrogen and oxygen atoms in total. The lowest BCUT2D eigenvalue weighted by Gasteiger charge is -2.12. The van der Waals surface area contributed by atoms with Crippen molar-refractivity contribution >= 4 is 21.7 Å². The lowest BCUT2D eigenvalue weighted by molar-refractivity contribution is 0.473. The quantitative estimate of drug-likeness (QED) is 0.752. The molecule has 0 atom stereocenters. The number of nitrogens with zero attached hydrogens (tertiary/aromatic N) is 1. The van der Waals surface area contributed by atoms with Crippen LogP contribution in [-0.2, 0) is 0 Å². The summed E-state index contributed by atoms with van der Waals surface area (Å²) in [7, 11) is 0. The number of hydrogen-bond acceptors (Lipinski definition) is 3. The number of benzene rings is 1. The Kier molecular flexibility index (Phi) is 2.63. The normalized spacial score (nSPS) is 10.7. The Morgan fingerprint density at radius 1 is 1.44 bits per heavy atom. The number of nitrogen functional groups attached to an aromatic ring is 1. The summed E-state index contributed by atoms with van der Waals surface area (Å²) in [5.41, 5.74) is 9.29. The van der Waals surface area contributed by atoms with Crippen LogP contribution in [0.3, 0.4) is 0 Å². The van der Waals surface area contributed by atoms with Gasteiger partial charge in [0.25, 0.3) is 0 Å². The zero-order valence-corrected chi connectivity index (χ0v) is 10.6. The number of phenols is 1. The molecule has 4 N–H and O–H groups in total. The minimum atomic E-state index is 0.191. The zero-order valence-electron chi connectivity index (χ0n) is 9.00. The van der Waals surface area contributed by atoms with Gasteiger partial charge in [0.05, 0.1) is 10.7 Å². The smallest absolute Gasteiger partial charge is 0.138 e. The van der Waals surface area contributed by atoms with Crippen LogP contribution < -0.4 is 5.73 Å². The van der Waals surface area contributed by atoms with Crippen molar-refractivity contribution in [3.8, 4) is 16.9 Å². The number of hydrogen-bond donors (Lipinski definition) is 3. The minimum absolute atomic E-state index is 0.191. The topological polar surface area (TPSA) is 74.9 Å². The molecule has 0 spiro atoms. The van der Waals surface area contributed by atoms with Crippen LogP contribution in [0.15, 0.2) is 16.7 Å². The van der Waals surface area contributed by atoms with Crippen LogP contribution in [0.5, 0.6) is 5.75 Å². The van der Waals surface area contributed by atoms with Gasteiger partial charge in [-0.05, 0) is 47.0 Å². The van der Waals surface area contributed by atoms with Crippen molar-refractivity contribution in [3.05, 3.63) is 27.9 Å². The molecule has 1 aromatic heterocycles. The summed E-state index contributed by atoms with van der Waals surface area (Å²) >= 11 is 3.32. The van der Waals surface area contributed by atoms with E-state index < -0.39 is 0 Å². The fourth-order valence-electron chi connectivity index (χ4n) is 1.69. The van der Waals surface area contributed by atoms with Gasteiger partial charge >= 0.3 is 0 Å². The summed E-state index contributed by atoms with van der Waals surface area (Å²) in [6, 6.07) is 1.88. The predicted octanol–water partition coefficient (Wildman–Crippen LogP) is 2.74. The van der Waals surface area contributed by atoms with E-state index in [1.54, 1.807) is 6.20 Å². The van der Waals surface area contributed by atoms with Crippen LogP contribution >= 0.6 is 15.9 Å². The highest BCUT2D eigenvalue weighted by Gasteiger charge is 2.16. The molecule has 16 heavy (non-hydrogen) atoms. The summed E-state index contributed by atoms with van der Waals surface area (Å²) < 4.78 is 0.659. The summed E-state index contributed by atoms with van der Waals surface area (Å²) in [6.07, 6.45) is 1.61. The highest BCUT2D eigenvalue weighted by atomic mass is 79.9. The van der Waals surface area contributed by atoms with Gasteiger partial charge in [0.15, 0.2) is 0 Å². The van der Waals surface area contributed by atoms with E-state index in [0.717, 1.165) is 22.3 Å². The van der Waals surface area contributed by atoms with E-state index in [9.17, 15) is 5.11 Å². The number of anilines is 1. The maximum absolute atomic E-state index is 10.1. The highest BCUT2D eigenvalue weighted by Crippen LogP contribution is 2.41. The Balaban J connectivity index is 2.79. The molecule has 0 aliphatic heterocycles. The van der Waals surface area contributed by atoms with Gasteiger partial charge in [-0.15, -0.1) is 0 Å². The number of aromatic nitrogens is 2. The fourth-order valence-corrected chi connectivity index (χ4v) is 2.23. The van der Waals surface area contributed by atoms with Crippen molar-refractivity contribution in [2.24, 2.45) is 0 Å². The average Bonchev–Trinajstić information content (AvgIpc) is 2.63. The molecule has 0 saturated carbocycles. The van der Waals surface area contributed by atoms with Crippen molar-refractivity contribution in [2.45, 2.75) is 13.8 Å². The van der Waals surface area contributed by atoms with E-state index >= 15 is 0 Å². The average molecular weight is 282 g/mol. The monoisotopic (exact) mass is 281 g/mol. The lowest BCUT2D eigenvalue weighted by atomic mass is 9.97. The van der Waals surface area contributed by atoms with Gasteiger partial charge in [-0.1, -0.05) is 0 Å². The fraction of sp³-hybridized carbons (Fsp3) is 0.182. The van der Waals surface area contributed by atoms with Gasteiger partial charge in [-0.2, -0.15) is 5.10 Å². The molecule has 5 heteroatoms. The molecule has 1 heterocycles. The molecule has 2 rings (SSSR count). The predicted molar refractivity (Wildman–Crippen MR) is 67.3 cm³/mol. The zero-order chi connectivity index (χ0) is 11.9. The third kappa shape index (κ3) is 1.57. The summed E-state index contributed by atoms with van der Waals surface area (Å²) in [5, 5.41) is 16.6. The van der Waals surface area contributed by atoms with Gasteiger partial charge in [0.1, 0.15) is 11.6 Å². The number of halogens is 1. The van der Waals surface area contributed by atoms with Crippen molar-refractivity contribution in [3.63, 3.8) is 0 Å². The number of nitrogens with two attached hydrogens (primary N) is 1. The number of aromatic amines is 1. The van der Waals surface area contributed by atoms with E-state index in [-0.39, 0.29) is 5.75 Å². The first-order chi connectivity index (χ1) is 7.52. The lowest BCUT2D eigenvalue weighted by Crippen LogP contribution is -1.93. The number of rotatable bonds is 1. The SMILES string of the molecule is Cc1cc(Br)c(O)c(-c2cn[nH]c2N)c1C. The molecule has 0 aliphatic rings. The van der Waals surface area contributed by atoms with Crippen molar-refractivity contribution < 1.29 is 5.11 Å². The summed E-state index contributed by atoms with van der Waals surface area (Å²) in [5.74, 6) is 0.645. The summed E-state index contributed by atoms with van der Waals surface area (Å²) in [4.78, 5) is 0. The molecule has 0 amide bonds. The number of aryl methyl sites for hydroxylation is 1. The Hall–Kier alpha value is -1.49. The van der Waals surface area contributed by atoms with Crippen LogP contribution in [-0.4, -0.2) is 15.3 Å². The Bertz CT molecular complexity index is 522. The summed E-state index contributed by atoms with van der Waals surface area (Å²) in [6.45, 7) is 3.93. The van der Waals surface area contributed by atoms with Gasteiger partial charge in [0, 0.05) is 11.1 Å². The molecule has 0 fully saturated rings. The van der Waals surface area contributed by atoms with Crippen molar-refractivity contribution in [1.82, 2.24) is 10.2 Å². The molecule has 2 aromatic rings. The van der Waals surface area contributed by atoms with Gasteiger partial charge in [0.2, 0.25) is 0 Å². The van der Waals surface area contributed by atoms with E-state index in [2.05, 4.69) is 26.1 Å². The molecule has 84 valence electrons. The minimum Gasteiger partial charge on any atom is -0.506 e. The van der Waals surface area contributed by atoms with E-state index in [4.69, 9.17) is 5.73 Å². The number of phenolic OH excluding ortho intramolecular Hbond substituents is 1. The molecule has 0 radical (unpaired) electrons. The van der Waals surface area contributed by atoms with E-state index in [1.807, 2.05) is 19.9 Å². The van der Waals surface area contributed by atoms with Gasteiger partial charge < -0.3 is 10.8 Å². The molecule has 0 aliphatic carbocycles. The van der Waals surface area contributed by atoms with Crippen molar-refractivity contribution in [1.29, 1.82) is 0 Å². The van der Waals surface area contributed by atoms with E-state index in [0.29, 0.717) is 10.3 Å². The second-order valence-corrected chi connectivity index (χ2v) is 4.58. The maximum atomic E-state index is 10.1. The van der Waals surface area contributed by atoms with Crippen LogP contribution in [0, 0.1) is 13.8 Å². The second kappa shape index (κ2) is 3.83. The third-order valence-corrected chi connectivity index (χ3v) is 3.32. The van der Waals surface area contributed by atoms with Gasteiger partial charge in [-0.3, -0.25) is 5.10 Å². The second-order valence-electron chi connectivity index (χ2n) is 3.72. The van der Waals surface area contributed by atoms with Crippen LogP contribution in [0.25, 0.3) is 11.1 Å². The molecular weight excluding hydrogens is 270 g/mol.